The first-order valence-electron chi connectivity index (χ1n) is 6.10. The number of halogens is 1. The molecule has 0 aliphatic carbocycles. The fourth-order valence-corrected chi connectivity index (χ4v) is 2.04. The quantitative estimate of drug-likeness (QED) is 0.745. The molecule has 1 saturated heterocycles. The van der Waals surface area contributed by atoms with Crippen molar-refractivity contribution < 1.29 is 9.47 Å². The molecule has 1 aromatic rings. The van der Waals surface area contributed by atoms with Crippen molar-refractivity contribution >= 4 is 11.6 Å². The number of ether oxygens (including phenoxy) is 2. The highest BCUT2D eigenvalue weighted by Crippen LogP contribution is 2.30. The number of rotatable bonds is 5. The highest BCUT2D eigenvalue weighted by molar-refractivity contribution is 6.32. The van der Waals surface area contributed by atoms with Crippen LogP contribution in [-0.4, -0.2) is 18.8 Å². The van der Waals surface area contributed by atoms with Crippen molar-refractivity contribution in [1.82, 2.24) is 0 Å². The van der Waals surface area contributed by atoms with Gasteiger partial charge in [0.05, 0.1) is 11.6 Å². The third-order valence-electron chi connectivity index (χ3n) is 2.84. The van der Waals surface area contributed by atoms with Crippen LogP contribution < -0.4 is 4.74 Å². The summed E-state index contributed by atoms with van der Waals surface area (Å²) in [4.78, 5) is 0. The molecule has 2 rings (SSSR count). The molecular formula is C14H19ClO2. The molecule has 2 nitrogen and oxygen atoms in total. The molecule has 17 heavy (non-hydrogen) atoms. The van der Waals surface area contributed by atoms with E-state index in [-0.39, 0.29) is 12.2 Å². The molecule has 1 heterocycles. The Labute approximate surface area is 108 Å². The fourth-order valence-electron chi connectivity index (χ4n) is 1.87. The average molecular weight is 255 g/mol. The first-order valence-corrected chi connectivity index (χ1v) is 6.48. The topological polar surface area (TPSA) is 21.8 Å². The van der Waals surface area contributed by atoms with Gasteiger partial charge in [0.25, 0.3) is 0 Å². The Morgan fingerprint density at radius 2 is 2.18 bits per heavy atom. The summed E-state index contributed by atoms with van der Waals surface area (Å²) in [5.74, 6) is 1.36. The largest absolute Gasteiger partial charge is 0.486 e. The predicted octanol–water partition coefficient (Wildman–Crippen LogP) is 3.84. The maximum absolute atomic E-state index is 6.14. The molecule has 2 unspecified atom stereocenters. The molecule has 0 bridgehead atoms. The van der Waals surface area contributed by atoms with E-state index in [1.165, 1.54) is 0 Å². The van der Waals surface area contributed by atoms with Gasteiger partial charge in [0.1, 0.15) is 18.0 Å². The first-order chi connectivity index (χ1) is 8.06. The minimum absolute atomic E-state index is 0.120. The Morgan fingerprint density at radius 3 is 2.76 bits per heavy atom. The molecule has 94 valence electrons. The summed E-state index contributed by atoms with van der Waals surface area (Å²) in [7, 11) is 0. The molecule has 0 spiro atoms. The van der Waals surface area contributed by atoms with Gasteiger partial charge in [0, 0.05) is 0 Å². The van der Waals surface area contributed by atoms with Gasteiger partial charge in [-0.2, -0.15) is 0 Å². The highest BCUT2D eigenvalue weighted by atomic mass is 35.5. The van der Waals surface area contributed by atoms with Crippen LogP contribution in [0.2, 0.25) is 5.02 Å². The van der Waals surface area contributed by atoms with Crippen molar-refractivity contribution in [2.24, 2.45) is 5.92 Å². The van der Waals surface area contributed by atoms with Crippen LogP contribution >= 0.6 is 11.6 Å². The number of hydrogen-bond donors (Lipinski definition) is 0. The van der Waals surface area contributed by atoms with E-state index in [1.54, 1.807) is 0 Å². The van der Waals surface area contributed by atoms with Crippen LogP contribution in [0, 0.1) is 12.8 Å². The smallest absolute Gasteiger partial charge is 0.138 e. The third kappa shape index (κ3) is 3.62. The van der Waals surface area contributed by atoms with Gasteiger partial charge in [-0.1, -0.05) is 31.5 Å². The zero-order valence-corrected chi connectivity index (χ0v) is 11.3. The van der Waals surface area contributed by atoms with Gasteiger partial charge in [0.2, 0.25) is 0 Å². The standard InChI is InChI=1S/C14H19ClO2/c1-9(2)6-13(14-8-16-14)17-12-7-10(3)4-5-11(12)15/h4-5,7,9,13-14H,6,8H2,1-3H3. The van der Waals surface area contributed by atoms with Gasteiger partial charge in [0.15, 0.2) is 0 Å². The molecule has 1 aliphatic rings. The second-order valence-electron chi connectivity index (χ2n) is 5.09. The molecule has 3 heteroatoms. The Balaban J connectivity index is 2.08. The summed E-state index contributed by atoms with van der Waals surface area (Å²) in [6.45, 7) is 7.22. The van der Waals surface area contributed by atoms with Gasteiger partial charge in [-0.05, 0) is 37.0 Å². The average Bonchev–Trinajstić information content (AvgIpc) is 3.05. The van der Waals surface area contributed by atoms with E-state index in [0.29, 0.717) is 10.9 Å². The maximum atomic E-state index is 6.14. The van der Waals surface area contributed by atoms with Crippen LogP contribution in [0.1, 0.15) is 25.8 Å². The van der Waals surface area contributed by atoms with Crippen molar-refractivity contribution in [1.29, 1.82) is 0 Å². The zero-order chi connectivity index (χ0) is 12.4. The van der Waals surface area contributed by atoms with Crippen LogP contribution in [0.5, 0.6) is 5.75 Å². The molecule has 0 amide bonds. The van der Waals surface area contributed by atoms with E-state index < -0.39 is 0 Å². The molecule has 1 aliphatic heterocycles. The van der Waals surface area contributed by atoms with Crippen molar-refractivity contribution in [2.45, 2.75) is 39.4 Å². The Morgan fingerprint density at radius 1 is 1.47 bits per heavy atom. The summed E-state index contributed by atoms with van der Waals surface area (Å²) >= 11 is 6.14. The van der Waals surface area contributed by atoms with E-state index in [9.17, 15) is 0 Å². The number of benzene rings is 1. The summed E-state index contributed by atoms with van der Waals surface area (Å²) in [5, 5.41) is 0.671. The molecule has 1 aromatic carbocycles. The minimum Gasteiger partial charge on any atom is -0.486 e. The summed E-state index contributed by atoms with van der Waals surface area (Å²) < 4.78 is 11.3. The highest BCUT2D eigenvalue weighted by Gasteiger charge is 2.35. The van der Waals surface area contributed by atoms with Gasteiger partial charge in [-0.3, -0.25) is 0 Å². The SMILES string of the molecule is Cc1ccc(Cl)c(OC(CC(C)C)C2CO2)c1. The van der Waals surface area contributed by atoms with Gasteiger partial charge >= 0.3 is 0 Å². The van der Waals surface area contributed by atoms with Gasteiger partial charge in [-0.15, -0.1) is 0 Å². The lowest BCUT2D eigenvalue weighted by molar-refractivity contribution is 0.137. The van der Waals surface area contributed by atoms with E-state index in [1.807, 2.05) is 25.1 Å². The Kier molecular flexibility index (Phi) is 3.95. The van der Waals surface area contributed by atoms with Crippen LogP contribution in [0.15, 0.2) is 18.2 Å². The first kappa shape index (κ1) is 12.7. The van der Waals surface area contributed by atoms with Crippen molar-refractivity contribution in [2.75, 3.05) is 6.61 Å². The normalized spacial score (nSPS) is 20.4. The van der Waals surface area contributed by atoms with E-state index in [4.69, 9.17) is 21.1 Å². The lowest BCUT2D eigenvalue weighted by atomic mass is 10.0. The minimum atomic E-state index is 0.120. The molecule has 2 atom stereocenters. The number of hydrogen-bond acceptors (Lipinski definition) is 2. The van der Waals surface area contributed by atoms with Crippen LogP contribution in [0.25, 0.3) is 0 Å². The predicted molar refractivity (Wildman–Crippen MR) is 69.8 cm³/mol. The van der Waals surface area contributed by atoms with Crippen molar-refractivity contribution in [3.63, 3.8) is 0 Å². The third-order valence-corrected chi connectivity index (χ3v) is 3.15. The fraction of sp³-hybridized carbons (Fsp3) is 0.571. The van der Waals surface area contributed by atoms with Crippen molar-refractivity contribution in [3.8, 4) is 5.75 Å². The van der Waals surface area contributed by atoms with E-state index in [0.717, 1.165) is 24.3 Å². The summed E-state index contributed by atoms with van der Waals surface area (Å²) in [5.41, 5.74) is 1.16. The van der Waals surface area contributed by atoms with Crippen molar-refractivity contribution in [3.05, 3.63) is 28.8 Å². The molecule has 0 aromatic heterocycles. The summed E-state index contributed by atoms with van der Waals surface area (Å²) in [6, 6.07) is 5.85. The molecule has 0 saturated carbocycles. The lowest BCUT2D eigenvalue weighted by Crippen LogP contribution is -2.25. The molecular weight excluding hydrogens is 236 g/mol. The van der Waals surface area contributed by atoms with Crippen LogP contribution in [-0.2, 0) is 4.74 Å². The van der Waals surface area contributed by atoms with E-state index in [2.05, 4.69) is 13.8 Å². The number of epoxide rings is 1. The monoisotopic (exact) mass is 254 g/mol. The van der Waals surface area contributed by atoms with Crippen LogP contribution in [0.4, 0.5) is 0 Å². The maximum Gasteiger partial charge on any atom is 0.138 e. The number of aryl methyl sites for hydroxylation is 1. The zero-order valence-electron chi connectivity index (χ0n) is 10.6. The van der Waals surface area contributed by atoms with Gasteiger partial charge in [-0.25, -0.2) is 0 Å². The summed E-state index contributed by atoms with van der Waals surface area (Å²) in [6.07, 6.45) is 1.36. The Bertz CT molecular complexity index is 386. The molecule has 0 N–H and O–H groups in total. The molecule has 0 radical (unpaired) electrons. The lowest BCUT2D eigenvalue weighted by Gasteiger charge is -2.20. The molecule has 1 fully saturated rings. The second-order valence-corrected chi connectivity index (χ2v) is 5.50. The van der Waals surface area contributed by atoms with E-state index >= 15 is 0 Å². The second kappa shape index (κ2) is 5.28. The Hall–Kier alpha value is -0.730. The van der Waals surface area contributed by atoms with Gasteiger partial charge < -0.3 is 9.47 Å². The van der Waals surface area contributed by atoms with Crippen LogP contribution in [0.3, 0.4) is 0 Å².